The third-order valence-corrected chi connectivity index (χ3v) is 6.03. The first-order valence-corrected chi connectivity index (χ1v) is 10.3. The zero-order chi connectivity index (χ0) is 20.2. The van der Waals surface area contributed by atoms with Crippen molar-refractivity contribution in [3.05, 3.63) is 59.0 Å². The van der Waals surface area contributed by atoms with Crippen LogP contribution in [0.5, 0.6) is 11.5 Å². The number of para-hydroxylation sites is 1. The molecule has 0 N–H and O–H groups in total. The quantitative estimate of drug-likeness (QED) is 0.721. The van der Waals surface area contributed by atoms with Crippen LogP contribution < -0.4 is 14.4 Å². The summed E-state index contributed by atoms with van der Waals surface area (Å²) in [7, 11) is 3.20. The second-order valence-electron chi connectivity index (χ2n) is 6.73. The van der Waals surface area contributed by atoms with Crippen molar-refractivity contribution in [1.29, 1.82) is 0 Å². The molecule has 0 aromatic heterocycles. The van der Waals surface area contributed by atoms with Crippen molar-refractivity contribution in [2.75, 3.05) is 45.3 Å². The molecule has 150 valence electrons. The molecule has 0 saturated carbocycles. The maximum absolute atomic E-state index is 12.4. The molecule has 2 aromatic carbocycles. The van der Waals surface area contributed by atoms with E-state index in [2.05, 4.69) is 39.1 Å². The fourth-order valence-corrected chi connectivity index (χ4v) is 4.39. The van der Waals surface area contributed by atoms with Gasteiger partial charge in [-0.05, 0) is 47.7 Å². The molecule has 4 rings (SSSR count). The SMILES string of the molecule is COc1ccc(/C=C2\SC(N3CCN(c4ccccc4)CC3)=NC2=O)cc1OC. The zero-order valence-electron chi connectivity index (χ0n) is 16.5. The molecule has 0 spiro atoms. The van der Waals surface area contributed by atoms with E-state index in [1.807, 2.05) is 30.3 Å². The largest absolute Gasteiger partial charge is 0.493 e. The van der Waals surface area contributed by atoms with E-state index in [1.165, 1.54) is 17.4 Å². The predicted molar refractivity (Wildman–Crippen MR) is 118 cm³/mol. The Labute approximate surface area is 174 Å². The number of rotatable bonds is 4. The van der Waals surface area contributed by atoms with E-state index >= 15 is 0 Å². The Morgan fingerprint density at radius 3 is 2.31 bits per heavy atom. The number of nitrogens with zero attached hydrogens (tertiary/aromatic N) is 3. The highest BCUT2D eigenvalue weighted by atomic mass is 32.2. The third kappa shape index (κ3) is 4.24. The van der Waals surface area contributed by atoms with Gasteiger partial charge in [0.15, 0.2) is 16.7 Å². The molecule has 2 aliphatic rings. The summed E-state index contributed by atoms with van der Waals surface area (Å²) in [5, 5.41) is 0.787. The van der Waals surface area contributed by atoms with Crippen LogP contribution in [0.4, 0.5) is 5.69 Å². The summed E-state index contributed by atoms with van der Waals surface area (Å²) in [5.74, 6) is 1.11. The van der Waals surface area contributed by atoms with E-state index in [4.69, 9.17) is 9.47 Å². The van der Waals surface area contributed by atoms with Gasteiger partial charge in [0, 0.05) is 31.9 Å². The highest BCUT2D eigenvalue weighted by Gasteiger charge is 2.28. The van der Waals surface area contributed by atoms with E-state index < -0.39 is 0 Å². The van der Waals surface area contributed by atoms with Crippen LogP contribution in [0.25, 0.3) is 6.08 Å². The summed E-state index contributed by atoms with van der Waals surface area (Å²) in [5.41, 5.74) is 2.11. The molecule has 0 radical (unpaired) electrons. The average molecular weight is 410 g/mol. The standard InChI is InChI=1S/C22H23N3O3S/c1-27-18-9-8-16(14-19(18)28-2)15-20-21(26)23-22(29-20)25-12-10-24(11-13-25)17-6-4-3-5-7-17/h3-9,14-15H,10-13H2,1-2H3/b20-15-. The summed E-state index contributed by atoms with van der Waals surface area (Å²) in [4.78, 5) is 21.9. The molecule has 1 saturated heterocycles. The lowest BCUT2D eigenvalue weighted by Gasteiger charge is -2.36. The van der Waals surface area contributed by atoms with Gasteiger partial charge in [-0.2, -0.15) is 4.99 Å². The number of amides is 1. The fraction of sp³-hybridized carbons (Fsp3) is 0.273. The summed E-state index contributed by atoms with van der Waals surface area (Å²) in [6, 6.07) is 16.0. The molecule has 0 bridgehead atoms. The van der Waals surface area contributed by atoms with Crippen LogP contribution in [0.2, 0.25) is 0 Å². The maximum atomic E-state index is 12.4. The van der Waals surface area contributed by atoms with E-state index in [0.29, 0.717) is 16.4 Å². The molecule has 6 nitrogen and oxygen atoms in total. The van der Waals surface area contributed by atoms with Gasteiger partial charge < -0.3 is 19.3 Å². The normalized spacial score (nSPS) is 18.2. The molecule has 2 aromatic rings. The highest BCUT2D eigenvalue weighted by molar-refractivity contribution is 8.18. The number of anilines is 1. The first-order valence-electron chi connectivity index (χ1n) is 9.47. The topological polar surface area (TPSA) is 54.4 Å². The van der Waals surface area contributed by atoms with Crippen LogP contribution in [0.3, 0.4) is 0 Å². The van der Waals surface area contributed by atoms with Gasteiger partial charge in [0.25, 0.3) is 5.91 Å². The molecule has 2 aliphatic heterocycles. The molecule has 7 heteroatoms. The monoisotopic (exact) mass is 409 g/mol. The van der Waals surface area contributed by atoms with Crippen molar-refractivity contribution >= 4 is 34.6 Å². The van der Waals surface area contributed by atoms with Crippen molar-refractivity contribution in [3.8, 4) is 11.5 Å². The van der Waals surface area contributed by atoms with Gasteiger partial charge in [-0.25, -0.2) is 0 Å². The number of benzene rings is 2. The van der Waals surface area contributed by atoms with Gasteiger partial charge in [0.2, 0.25) is 0 Å². The Morgan fingerprint density at radius 2 is 1.62 bits per heavy atom. The molecule has 0 unspecified atom stereocenters. The smallest absolute Gasteiger partial charge is 0.286 e. The predicted octanol–water partition coefficient (Wildman–Crippen LogP) is 3.50. The maximum Gasteiger partial charge on any atom is 0.286 e. The van der Waals surface area contributed by atoms with Crippen molar-refractivity contribution in [1.82, 2.24) is 4.90 Å². The highest BCUT2D eigenvalue weighted by Crippen LogP contribution is 2.33. The first kappa shape index (κ1) is 19.4. The Bertz CT molecular complexity index is 951. The van der Waals surface area contributed by atoms with Gasteiger partial charge >= 0.3 is 0 Å². The Balaban J connectivity index is 1.42. The summed E-state index contributed by atoms with van der Waals surface area (Å²) in [6.07, 6.45) is 1.85. The second kappa shape index (κ2) is 8.61. The fourth-order valence-electron chi connectivity index (χ4n) is 3.42. The lowest BCUT2D eigenvalue weighted by atomic mass is 10.2. The van der Waals surface area contributed by atoms with Crippen LogP contribution in [-0.4, -0.2) is 56.4 Å². The Kier molecular flexibility index (Phi) is 5.76. The van der Waals surface area contributed by atoms with Crippen molar-refractivity contribution in [3.63, 3.8) is 0 Å². The molecule has 0 atom stereocenters. The summed E-state index contributed by atoms with van der Waals surface area (Å²) >= 11 is 1.44. The molecular formula is C22H23N3O3S. The third-order valence-electron chi connectivity index (χ3n) is 4.99. The van der Waals surface area contributed by atoms with Crippen LogP contribution in [0.15, 0.2) is 58.4 Å². The number of thioether (sulfide) groups is 1. The van der Waals surface area contributed by atoms with Gasteiger partial charge in [0.05, 0.1) is 19.1 Å². The number of carbonyl (C=O) groups is 1. The van der Waals surface area contributed by atoms with Crippen molar-refractivity contribution < 1.29 is 14.3 Å². The molecule has 1 amide bonds. The van der Waals surface area contributed by atoms with E-state index in [1.54, 1.807) is 14.2 Å². The van der Waals surface area contributed by atoms with Gasteiger partial charge in [-0.15, -0.1) is 0 Å². The number of hydrogen-bond donors (Lipinski definition) is 0. The number of hydrogen-bond acceptors (Lipinski definition) is 6. The van der Waals surface area contributed by atoms with Crippen LogP contribution in [0, 0.1) is 0 Å². The molecule has 2 heterocycles. The second-order valence-corrected chi connectivity index (χ2v) is 7.74. The minimum atomic E-state index is -0.190. The summed E-state index contributed by atoms with van der Waals surface area (Å²) in [6.45, 7) is 3.51. The van der Waals surface area contributed by atoms with Crippen LogP contribution in [0.1, 0.15) is 5.56 Å². The lowest BCUT2D eigenvalue weighted by molar-refractivity contribution is -0.113. The molecular weight excluding hydrogens is 386 g/mol. The first-order chi connectivity index (χ1) is 14.2. The number of methoxy groups -OCH3 is 2. The molecule has 29 heavy (non-hydrogen) atoms. The number of carbonyl (C=O) groups excluding carboxylic acids is 1. The Hall–Kier alpha value is -2.93. The summed E-state index contributed by atoms with van der Waals surface area (Å²) < 4.78 is 10.6. The lowest BCUT2D eigenvalue weighted by Crippen LogP contribution is -2.47. The number of ether oxygens (including phenoxy) is 2. The minimum absolute atomic E-state index is 0.190. The zero-order valence-corrected chi connectivity index (χ0v) is 17.3. The van der Waals surface area contributed by atoms with Crippen molar-refractivity contribution in [2.45, 2.75) is 0 Å². The van der Waals surface area contributed by atoms with Crippen LogP contribution in [-0.2, 0) is 4.79 Å². The van der Waals surface area contributed by atoms with E-state index in [0.717, 1.165) is 36.9 Å². The molecule has 1 fully saturated rings. The van der Waals surface area contributed by atoms with E-state index in [9.17, 15) is 4.79 Å². The van der Waals surface area contributed by atoms with E-state index in [-0.39, 0.29) is 5.91 Å². The number of amidine groups is 1. The van der Waals surface area contributed by atoms with Gasteiger partial charge in [0.1, 0.15) is 0 Å². The molecule has 0 aliphatic carbocycles. The van der Waals surface area contributed by atoms with Crippen LogP contribution >= 0.6 is 11.8 Å². The number of aliphatic imine (C=N–C) groups is 1. The van der Waals surface area contributed by atoms with Crippen molar-refractivity contribution in [2.24, 2.45) is 4.99 Å². The minimum Gasteiger partial charge on any atom is -0.493 e. The van der Waals surface area contributed by atoms with Gasteiger partial charge in [-0.1, -0.05) is 24.3 Å². The van der Waals surface area contributed by atoms with Gasteiger partial charge in [-0.3, -0.25) is 4.79 Å². The number of piperazine rings is 1. The Morgan fingerprint density at radius 1 is 0.931 bits per heavy atom. The average Bonchev–Trinajstić information content (AvgIpc) is 3.14.